The van der Waals surface area contributed by atoms with Crippen LogP contribution in [0.2, 0.25) is 0 Å². The molecule has 0 saturated heterocycles. The van der Waals surface area contributed by atoms with Crippen molar-refractivity contribution in [1.82, 2.24) is 15.3 Å². The molecule has 7 heteroatoms. The number of aromatic nitrogens is 2. The summed E-state index contributed by atoms with van der Waals surface area (Å²) < 4.78 is 5.05. The van der Waals surface area contributed by atoms with Gasteiger partial charge in [0.1, 0.15) is 6.04 Å². The van der Waals surface area contributed by atoms with Crippen LogP contribution in [-0.2, 0) is 4.79 Å². The number of carbonyl (C=O) groups excluding carboxylic acids is 2. The molecule has 0 aliphatic carbocycles. The van der Waals surface area contributed by atoms with Crippen LogP contribution in [0.1, 0.15) is 23.0 Å². The number of nitrogens with one attached hydrogen (secondary N) is 2. The first-order valence-electron chi connectivity index (χ1n) is 9.49. The first kappa shape index (κ1) is 19.3. The van der Waals surface area contributed by atoms with Crippen LogP contribution in [0, 0.1) is 6.92 Å². The van der Waals surface area contributed by atoms with Gasteiger partial charge in [0.25, 0.3) is 5.91 Å². The number of furan rings is 1. The van der Waals surface area contributed by atoms with Crippen molar-refractivity contribution in [3.63, 3.8) is 0 Å². The van der Waals surface area contributed by atoms with E-state index in [4.69, 9.17) is 4.42 Å². The number of nitrogens with zero attached hydrogens (tertiary/aromatic N) is 2. The normalized spacial score (nSPS) is 11.8. The Morgan fingerprint density at radius 2 is 1.83 bits per heavy atom. The molecule has 4 rings (SSSR count). The zero-order chi connectivity index (χ0) is 21.1. The number of rotatable bonds is 5. The van der Waals surface area contributed by atoms with E-state index in [9.17, 15) is 9.59 Å². The maximum absolute atomic E-state index is 12.6. The molecule has 0 aliphatic heterocycles. The number of benzene rings is 2. The fraction of sp³-hybridized carbons (Fsp3) is 0.130. The van der Waals surface area contributed by atoms with Gasteiger partial charge >= 0.3 is 0 Å². The third-order valence-electron chi connectivity index (χ3n) is 4.73. The van der Waals surface area contributed by atoms with Crippen molar-refractivity contribution < 1.29 is 14.0 Å². The highest BCUT2D eigenvalue weighted by Crippen LogP contribution is 2.25. The van der Waals surface area contributed by atoms with Crippen molar-refractivity contribution in [3.05, 3.63) is 78.4 Å². The van der Waals surface area contributed by atoms with Gasteiger partial charge in [0.2, 0.25) is 5.91 Å². The molecule has 0 bridgehead atoms. The van der Waals surface area contributed by atoms with Crippen molar-refractivity contribution in [2.75, 3.05) is 5.32 Å². The molecule has 0 fully saturated rings. The summed E-state index contributed by atoms with van der Waals surface area (Å²) in [5.74, 6) is -0.623. The Kier molecular flexibility index (Phi) is 5.26. The number of anilines is 1. The highest BCUT2D eigenvalue weighted by Gasteiger charge is 2.19. The highest BCUT2D eigenvalue weighted by atomic mass is 16.3. The number of para-hydroxylation sites is 2. The zero-order valence-corrected chi connectivity index (χ0v) is 16.5. The maximum Gasteiger partial charge on any atom is 0.287 e. The topological polar surface area (TPSA) is 97.1 Å². The number of fused-ring (bicyclic) bond motifs is 1. The smallest absolute Gasteiger partial charge is 0.287 e. The molecule has 30 heavy (non-hydrogen) atoms. The Labute approximate surface area is 173 Å². The molecule has 150 valence electrons. The van der Waals surface area contributed by atoms with E-state index in [1.807, 2.05) is 49.4 Å². The Balaban J connectivity index is 1.52. The molecule has 2 aromatic heterocycles. The molecule has 0 unspecified atom stereocenters. The molecule has 2 heterocycles. The van der Waals surface area contributed by atoms with Gasteiger partial charge in [-0.15, -0.1) is 0 Å². The second-order valence-electron chi connectivity index (χ2n) is 6.94. The number of amides is 2. The number of aryl methyl sites for hydroxylation is 1. The molecule has 2 aromatic carbocycles. The number of hydrogen-bond donors (Lipinski definition) is 2. The van der Waals surface area contributed by atoms with Crippen LogP contribution >= 0.6 is 0 Å². The molecule has 7 nitrogen and oxygen atoms in total. The van der Waals surface area contributed by atoms with E-state index in [2.05, 4.69) is 20.6 Å². The summed E-state index contributed by atoms with van der Waals surface area (Å²) in [7, 11) is 0. The summed E-state index contributed by atoms with van der Waals surface area (Å²) in [5.41, 5.74) is 4.71. The summed E-state index contributed by atoms with van der Waals surface area (Å²) in [5, 5.41) is 5.50. The van der Waals surface area contributed by atoms with E-state index in [0.717, 1.165) is 22.2 Å². The Morgan fingerprint density at radius 3 is 2.60 bits per heavy atom. The van der Waals surface area contributed by atoms with Crippen molar-refractivity contribution in [1.29, 1.82) is 0 Å². The van der Waals surface area contributed by atoms with E-state index in [1.165, 1.54) is 12.3 Å². The van der Waals surface area contributed by atoms with Gasteiger partial charge < -0.3 is 15.1 Å². The van der Waals surface area contributed by atoms with Gasteiger partial charge in [0.05, 0.1) is 29.2 Å². The van der Waals surface area contributed by atoms with Crippen LogP contribution in [0.5, 0.6) is 0 Å². The van der Waals surface area contributed by atoms with Crippen molar-refractivity contribution in [3.8, 4) is 11.3 Å². The molecule has 0 spiro atoms. The first-order chi connectivity index (χ1) is 14.5. The minimum atomic E-state index is -0.744. The second kappa shape index (κ2) is 8.16. The molecule has 1 atom stereocenters. The number of carbonyl (C=O) groups is 2. The van der Waals surface area contributed by atoms with Crippen LogP contribution in [0.4, 0.5) is 5.69 Å². The van der Waals surface area contributed by atoms with E-state index in [0.29, 0.717) is 11.4 Å². The van der Waals surface area contributed by atoms with E-state index in [1.54, 1.807) is 19.2 Å². The standard InChI is InChI=1S/C23H20N4O3/c1-14-9-10-16(20-13-24-17-6-3-4-7-18(17)26-20)12-19(14)27-22(28)15(2)25-23(29)21-8-5-11-30-21/h3-13,15H,1-2H3,(H,25,29)(H,27,28)/t15-/m0/s1. The van der Waals surface area contributed by atoms with Crippen LogP contribution in [0.3, 0.4) is 0 Å². The van der Waals surface area contributed by atoms with Crippen LogP contribution in [-0.4, -0.2) is 27.8 Å². The Morgan fingerprint density at radius 1 is 1.03 bits per heavy atom. The molecule has 0 radical (unpaired) electrons. The summed E-state index contributed by atoms with van der Waals surface area (Å²) in [4.78, 5) is 33.8. The van der Waals surface area contributed by atoms with Gasteiger partial charge in [-0.25, -0.2) is 4.98 Å². The average Bonchev–Trinajstić information content (AvgIpc) is 3.30. The van der Waals surface area contributed by atoms with E-state index < -0.39 is 11.9 Å². The highest BCUT2D eigenvalue weighted by molar-refractivity contribution is 6.00. The summed E-state index contributed by atoms with van der Waals surface area (Å²) in [6.45, 7) is 3.52. The predicted octanol–water partition coefficient (Wildman–Crippen LogP) is 3.96. The lowest BCUT2D eigenvalue weighted by Gasteiger charge is -2.15. The lowest BCUT2D eigenvalue weighted by Crippen LogP contribution is -2.41. The van der Waals surface area contributed by atoms with Gasteiger partial charge in [-0.3, -0.25) is 14.6 Å². The molecular weight excluding hydrogens is 380 g/mol. The second-order valence-corrected chi connectivity index (χ2v) is 6.94. The molecule has 4 aromatic rings. The lowest BCUT2D eigenvalue weighted by molar-refractivity contribution is -0.117. The third-order valence-corrected chi connectivity index (χ3v) is 4.73. The molecule has 0 aliphatic rings. The molecule has 2 amide bonds. The minimum Gasteiger partial charge on any atom is -0.459 e. The van der Waals surface area contributed by atoms with Crippen molar-refractivity contribution in [2.24, 2.45) is 0 Å². The largest absolute Gasteiger partial charge is 0.459 e. The third kappa shape index (κ3) is 4.05. The SMILES string of the molecule is Cc1ccc(-c2cnc3ccccc3n2)cc1NC(=O)[C@H](C)NC(=O)c1ccco1. The lowest BCUT2D eigenvalue weighted by atomic mass is 10.1. The van der Waals surface area contributed by atoms with Crippen LogP contribution in [0.25, 0.3) is 22.3 Å². The van der Waals surface area contributed by atoms with Crippen LogP contribution < -0.4 is 10.6 Å². The Bertz CT molecular complexity index is 1220. The summed E-state index contributed by atoms with van der Waals surface area (Å²) in [6.07, 6.45) is 3.12. The summed E-state index contributed by atoms with van der Waals surface area (Å²) in [6, 6.07) is 15.8. The van der Waals surface area contributed by atoms with E-state index in [-0.39, 0.29) is 11.7 Å². The first-order valence-corrected chi connectivity index (χ1v) is 9.49. The fourth-order valence-electron chi connectivity index (χ4n) is 2.99. The molecular formula is C23H20N4O3. The van der Waals surface area contributed by atoms with Crippen LogP contribution in [0.15, 0.2) is 71.5 Å². The van der Waals surface area contributed by atoms with Gasteiger partial charge in [0.15, 0.2) is 5.76 Å². The van der Waals surface area contributed by atoms with Gasteiger partial charge in [0, 0.05) is 11.3 Å². The zero-order valence-electron chi connectivity index (χ0n) is 16.5. The van der Waals surface area contributed by atoms with Crippen molar-refractivity contribution >= 4 is 28.5 Å². The number of hydrogen-bond acceptors (Lipinski definition) is 5. The van der Waals surface area contributed by atoms with Crippen molar-refractivity contribution in [2.45, 2.75) is 19.9 Å². The average molecular weight is 400 g/mol. The van der Waals surface area contributed by atoms with Gasteiger partial charge in [-0.1, -0.05) is 24.3 Å². The molecule has 2 N–H and O–H groups in total. The molecule has 0 saturated carbocycles. The van der Waals surface area contributed by atoms with Gasteiger partial charge in [-0.05, 0) is 49.7 Å². The maximum atomic E-state index is 12.6. The van der Waals surface area contributed by atoms with Gasteiger partial charge in [-0.2, -0.15) is 0 Å². The Hall–Kier alpha value is -4.00. The monoisotopic (exact) mass is 400 g/mol. The van der Waals surface area contributed by atoms with E-state index >= 15 is 0 Å². The minimum absolute atomic E-state index is 0.155. The summed E-state index contributed by atoms with van der Waals surface area (Å²) >= 11 is 0. The quantitative estimate of drug-likeness (QED) is 0.529. The predicted molar refractivity (Wildman–Crippen MR) is 114 cm³/mol. The fourth-order valence-corrected chi connectivity index (χ4v) is 2.99.